The average molecular weight is 427 g/mol. The van der Waals surface area contributed by atoms with E-state index in [1.165, 1.54) is 5.56 Å². The number of anilines is 1. The molecule has 1 saturated heterocycles. The number of H-pyrrole nitrogens is 1. The van der Waals surface area contributed by atoms with Gasteiger partial charge in [0.25, 0.3) is 0 Å². The Hall–Kier alpha value is -2.34. The third-order valence-corrected chi connectivity index (χ3v) is 5.57. The van der Waals surface area contributed by atoms with E-state index in [-0.39, 0.29) is 11.8 Å². The van der Waals surface area contributed by atoms with Crippen LogP contribution in [0.3, 0.4) is 0 Å². The Morgan fingerprint density at radius 3 is 3.07 bits per heavy atom. The average Bonchev–Trinajstić information content (AvgIpc) is 3.09. The molecule has 1 atom stereocenters. The number of halogens is 1. The quantitative estimate of drug-likeness (QED) is 0.657. The van der Waals surface area contributed by atoms with Crippen LogP contribution < -0.4 is 10.2 Å². The topological polar surface area (TPSA) is 61.0 Å². The maximum absolute atomic E-state index is 12.7. The summed E-state index contributed by atoms with van der Waals surface area (Å²) in [5.74, 6) is 0.965. The van der Waals surface area contributed by atoms with Crippen LogP contribution in [0.5, 0.6) is 0 Å². The molecule has 4 rings (SSSR count). The molecule has 0 unspecified atom stereocenters. The van der Waals surface area contributed by atoms with Gasteiger partial charge in [0.05, 0.1) is 17.0 Å². The van der Waals surface area contributed by atoms with Crippen molar-refractivity contribution in [3.8, 4) is 0 Å². The van der Waals surface area contributed by atoms with Gasteiger partial charge in [-0.25, -0.2) is 4.98 Å². The number of hydrogen-bond acceptors (Lipinski definition) is 3. The van der Waals surface area contributed by atoms with Crippen LogP contribution in [-0.2, 0) is 11.3 Å². The minimum Gasteiger partial charge on any atom is -0.352 e. The molecule has 2 N–H and O–H groups in total. The molecule has 0 bridgehead atoms. The van der Waals surface area contributed by atoms with Crippen molar-refractivity contribution in [1.82, 2.24) is 15.3 Å². The lowest BCUT2D eigenvalue weighted by molar-refractivity contribution is -0.125. The first-order chi connectivity index (χ1) is 13.1. The van der Waals surface area contributed by atoms with Crippen LogP contribution >= 0.6 is 15.9 Å². The molecule has 0 spiro atoms. The SMILES string of the molecule is Cc1ccc2nc(N3CCC[C@H](C(=O)NCc4cccc(Br)c4)C3)[nH]c2c1. The van der Waals surface area contributed by atoms with E-state index in [0.29, 0.717) is 13.1 Å². The van der Waals surface area contributed by atoms with Crippen molar-refractivity contribution in [3.63, 3.8) is 0 Å². The van der Waals surface area contributed by atoms with Gasteiger partial charge >= 0.3 is 0 Å². The number of aromatic amines is 1. The maximum Gasteiger partial charge on any atom is 0.225 e. The highest BCUT2D eigenvalue weighted by Crippen LogP contribution is 2.24. The fourth-order valence-electron chi connectivity index (χ4n) is 3.62. The lowest BCUT2D eigenvalue weighted by atomic mass is 9.97. The molecule has 1 aliphatic rings. The van der Waals surface area contributed by atoms with Crippen molar-refractivity contribution in [2.24, 2.45) is 5.92 Å². The van der Waals surface area contributed by atoms with Gasteiger partial charge in [-0.1, -0.05) is 34.1 Å². The van der Waals surface area contributed by atoms with Crippen LogP contribution in [0.4, 0.5) is 5.95 Å². The van der Waals surface area contributed by atoms with Crippen molar-refractivity contribution in [2.75, 3.05) is 18.0 Å². The molecular formula is C21H23BrN4O. The Bertz CT molecular complexity index is 968. The molecule has 1 aliphatic heterocycles. The number of aromatic nitrogens is 2. The maximum atomic E-state index is 12.7. The number of amides is 1. The first kappa shape index (κ1) is 18.0. The number of aryl methyl sites for hydroxylation is 1. The first-order valence-electron chi connectivity index (χ1n) is 9.32. The number of nitrogens with one attached hydrogen (secondary N) is 2. The van der Waals surface area contributed by atoms with Crippen molar-refractivity contribution < 1.29 is 4.79 Å². The number of carbonyl (C=O) groups is 1. The molecule has 1 fully saturated rings. The van der Waals surface area contributed by atoms with Crippen molar-refractivity contribution in [3.05, 3.63) is 58.1 Å². The highest BCUT2D eigenvalue weighted by molar-refractivity contribution is 9.10. The predicted octanol–water partition coefficient (Wildman–Crippen LogP) is 4.17. The van der Waals surface area contributed by atoms with E-state index in [1.54, 1.807) is 0 Å². The monoisotopic (exact) mass is 426 g/mol. The number of piperidine rings is 1. The van der Waals surface area contributed by atoms with Gasteiger partial charge in [0, 0.05) is 24.1 Å². The molecule has 3 aromatic rings. The standard InChI is InChI=1S/C21H23BrN4O/c1-14-7-8-18-19(10-14)25-21(24-18)26-9-3-5-16(13-26)20(27)23-12-15-4-2-6-17(22)11-15/h2,4,6-8,10-11,16H,3,5,9,12-13H2,1H3,(H,23,27)(H,24,25)/t16-/m0/s1. The van der Waals surface area contributed by atoms with Gasteiger partial charge in [0.2, 0.25) is 11.9 Å². The summed E-state index contributed by atoms with van der Waals surface area (Å²) in [5.41, 5.74) is 4.32. The second-order valence-electron chi connectivity index (χ2n) is 7.21. The first-order valence-corrected chi connectivity index (χ1v) is 10.1. The zero-order valence-electron chi connectivity index (χ0n) is 15.3. The minimum absolute atomic E-state index is 0.0131. The highest BCUT2D eigenvalue weighted by Gasteiger charge is 2.27. The van der Waals surface area contributed by atoms with Gasteiger partial charge in [-0.2, -0.15) is 0 Å². The van der Waals surface area contributed by atoms with E-state index in [1.807, 2.05) is 30.3 Å². The number of imidazole rings is 1. The van der Waals surface area contributed by atoms with Crippen LogP contribution in [0.1, 0.15) is 24.0 Å². The molecule has 1 aromatic heterocycles. The lowest BCUT2D eigenvalue weighted by Gasteiger charge is -2.31. The largest absolute Gasteiger partial charge is 0.352 e. The van der Waals surface area contributed by atoms with E-state index in [4.69, 9.17) is 4.98 Å². The predicted molar refractivity (Wildman–Crippen MR) is 112 cm³/mol. The highest BCUT2D eigenvalue weighted by atomic mass is 79.9. The summed E-state index contributed by atoms with van der Waals surface area (Å²) in [6.07, 6.45) is 1.91. The Labute approximate surface area is 167 Å². The summed E-state index contributed by atoms with van der Waals surface area (Å²) in [6, 6.07) is 14.2. The van der Waals surface area contributed by atoms with Crippen molar-refractivity contribution in [2.45, 2.75) is 26.3 Å². The van der Waals surface area contributed by atoms with Gasteiger partial charge in [-0.3, -0.25) is 4.79 Å². The summed E-state index contributed by atoms with van der Waals surface area (Å²) in [4.78, 5) is 23.0. The summed E-state index contributed by atoms with van der Waals surface area (Å²) in [5, 5.41) is 3.08. The van der Waals surface area contributed by atoms with Crippen LogP contribution in [-0.4, -0.2) is 29.0 Å². The zero-order valence-corrected chi connectivity index (χ0v) is 16.9. The molecule has 5 nitrogen and oxygen atoms in total. The second kappa shape index (κ2) is 7.72. The Kier molecular flexibility index (Phi) is 5.16. The fourth-order valence-corrected chi connectivity index (χ4v) is 4.07. The molecule has 27 heavy (non-hydrogen) atoms. The second-order valence-corrected chi connectivity index (χ2v) is 8.13. The van der Waals surface area contributed by atoms with Gasteiger partial charge < -0.3 is 15.2 Å². The number of hydrogen-bond donors (Lipinski definition) is 2. The molecule has 2 heterocycles. The number of benzene rings is 2. The van der Waals surface area contributed by atoms with E-state index >= 15 is 0 Å². The Morgan fingerprint density at radius 1 is 1.33 bits per heavy atom. The van der Waals surface area contributed by atoms with Crippen LogP contribution in [0.2, 0.25) is 0 Å². The third kappa shape index (κ3) is 4.16. The summed E-state index contributed by atoms with van der Waals surface area (Å²) >= 11 is 3.47. The normalized spacial score (nSPS) is 17.3. The Balaban J connectivity index is 1.41. The van der Waals surface area contributed by atoms with Gasteiger partial charge in [-0.05, 0) is 55.2 Å². The van der Waals surface area contributed by atoms with E-state index in [2.05, 4.69) is 50.2 Å². The Morgan fingerprint density at radius 2 is 2.22 bits per heavy atom. The van der Waals surface area contributed by atoms with Crippen molar-refractivity contribution >= 4 is 38.8 Å². The molecule has 1 amide bonds. The summed E-state index contributed by atoms with van der Waals surface area (Å²) < 4.78 is 1.03. The van der Waals surface area contributed by atoms with E-state index in [0.717, 1.165) is 46.4 Å². The third-order valence-electron chi connectivity index (χ3n) is 5.07. The van der Waals surface area contributed by atoms with Crippen LogP contribution in [0, 0.1) is 12.8 Å². The zero-order chi connectivity index (χ0) is 18.8. The van der Waals surface area contributed by atoms with Crippen molar-refractivity contribution in [1.29, 1.82) is 0 Å². The smallest absolute Gasteiger partial charge is 0.225 e. The number of carbonyl (C=O) groups excluding carboxylic acids is 1. The molecule has 0 radical (unpaired) electrons. The van der Waals surface area contributed by atoms with Gasteiger partial charge in [-0.15, -0.1) is 0 Å². The summed E-state index contributed by atoms with van der Waals surface area (Å²) in [7, 11) is 0. The number of fused-ring (bicyclic) bond motifs is 1. The summed E-state index contributed by atoms with van der Waals surface area (Å²) in [6.45, 7) is 4.25. The van der Waals surface area contributed by atoms with Crippen LogP contribution in [0.15, 0.2) is 46.9 Å². The van der Waals surface area contributed by atoms with Crippen LogP contribution in [0.25, 0.3) is 11.0 Å². The van der Waals surface area contributed by atoms with E-state index < -0.39 is 0 Å². The molecule has 140 valence electrons. The van der Waals surface area contributed by atoms with Gasteiger partial charge in [0.1, 0.15) is 0 Å². The number of rotatable bonds is 4. The molecule has 0 saturated carbocycles. The fraction of sp³-hybridized carbons (Fsp3) is 0.333. The van der Waals surface area contributed by atoms with Gasteiger partial charge in [0.15, 0.2) is 0 Å². The lowest BCUT2D eigenvalue weighted by Crippen LogP contribution is -2.43. The minimum atomic E-state index is -0.0131. The molecule has 6 heteroatoms. The molecule has 2 aromatic carbocycles. The van der Waals surface area contributed by atoms with E-state index in [9.17, 15) is 4.79 Å². The molecule has 0 aliphatic carbocycles. The number of nitrogens with zero attached hydrogens (tertiary/aromatic N) is 2. The molecular weight excluding hydrogens is 404 g/mol.